The molecule has 0 aliphatic carbocycles. The van der Waals surface area contributed by atoms with Gasteiger partial charge in [-0.15, -0.1) is 0 Å². The fourth-order valence-electron chi connectivity index (χ4n) is 0.701. The largest absolute Gasteiger partial charge is 0.481 e. The van der Waals surface area contributed by atoms with Gasteiger partial charge in [-0.05, 0) is 24.3 Å². The van der Waals surface area contributed by atoms with Crippen molar-refractivity contribution in [1.29, 1.82) is 0 Å². The molecule has 0 aliphatic rings. The van der Waals surface area contributed by atoms with Gasteiger partial charge in [-0.2, -0.15) is 62.3 Å². The van der Waals surface area contributed by atoms with Gasteiger partial charge >= 0.3 is 23.9 Å². The van der Waals surface area contributed by atoms with Gasteiger partial charge in [-0.1, -0.05) is 21.6 Å². The fourth-order valence-corrected chi connectivity index (χ4v) is 2.55. The van der Waals surface area contributed by atoms with Crippen molar-refractivity contribution < 1.29 is 60.0 Å². The van der Waals surface area contributed by atoms with Gasteiger partial charge in [0.05, 0.1) is 36.2 Å². The van der Waals surface area contributed by atoms with Crippen molar-refractivity contribution in [3.63, 3.8) is 0 Å². The molecule has 0 atom stereocenters. The van der Waals surface area contributed by atoms with Crippen molar-refractivity contribution in [2.24, 2.45) is 0 Å². The summed E-state index contributed by atoms with van der Waals surface area (Å²) >= 11 is 16.0. The van der Waals surface area contributed by atoms with Crippen LogP contribution in [-0.4, -0.2) is 124 Å². The quantitative estimate of drug-likeness (QED) is 0.0512. The number of aliphatic carboxylic acids is 4. The molecule has 8 N–H and O–H groups in total. The van der Waals surface area contributed by atoms with E-state index in [0.29, 0.717) is 11.5 Å². The van der Waals surface area contributed by atoms with Crippen LogP contribution < -0.4 is 0 Å². The van der Waals surface area contributed by atoms with Crippen molar-refractivity contribution in [3.05, 3.63) is 0 Å². The van der Waals surface area contributed by atoms with Crippen LogP contribution in [0, 0.1) is 0 Å². The molecule has 0 aromatic rings. The summed E-state index contributed by atoms with van der Waals surface area (Å²) in [5.41, 5.74) is 0. The average Bonchev–Trinajstić information content (AvgIpc) is 2.84. The van der Waals surface area contributed by atoms with Crippen LogP contribution in [0.15, 0.2) is 0 Å². The Bertz CT molecular complexity index is 438. The summed E-state index contributed by atoms with van der Waals surface area (Å²) in [6, 6.07) is 0. The second-order valence-corrected chi connectivity index (χ2v) is 10.3. The second-order valence-electron chi connectivity index (χ2n) is 5.10. The van der Waals surface area contributed by atoms with Gasteiger partial charge < -0.3 is 40.9 Å². The van der Waals surface area contributed by atoms with E-state index in [-0.39, 0.29) is 49.4 Å². The number of carboxylic acid groups (broad SMARTS) is 4. The summed E-state index contributed by atoms with van der Waals surface area (Å²) < 4.78 is 0. The number of hydrogen-bond acceptors (Lipinski definition) is 15. The molecule has 0 aromatic carbocycles. The third kappa shape index (κ3) is 115. The maximum absolute atomic E-state index is 9.55. The van der Waals surface area contributed by atoms with Gasteiger partial charge in [0.15, 0.2) is 0 Å². The fraction of sp³-hybridized carbons (Fsp3) is 0.778. The Labute approximate surface area is 251 Å². The Morgan fingerprint density at radius 1 is 0.541 bits per heavy atom. The molecule has 0 bridgehead atoms. The Morgan fingerprint density at radius 3 is 0.919 bits per heavy atom. The zero-order chi connectivity index (χ0) is 30.3. The Morgan fingerprint density at radius 2 is 0.811 bits per heavy atom. The van der Waals surface area contributed by atoms with Crippen molar-refractivity contribution in [2.75, 3.05) is 59.6 Å². The lowest BCUT2D eigenvalue weighted by atomic mass is 10.5. The molecule has 0 unspecified atom stereocenters. The molecule has 0 radical (unpaired) electrons. The molecule has 0 rings (SSSR count). The number of aliphatic hydroxyl groups excluding tert-OH is 4. The first-order chi connectivity index (χ1) is 17.4. The number of rotatable bonds is 15. The van der Waals surface area contributed by atoms with Crippen LogP contribution in [0.5, 0.6) is 0 Å². The minimum absolute atomic E-state index is 0.0746. The van der Waals surface area contributed by atoms with E-state index in [9.17, 15) is 19.2 Å². The lowest BCUT2D eigenvalue weighted by Crippen LogP contribution is -1.93. The van der Waals surface area contributed by atoms with E-state index >= 15 is 0 Å². The van der Waals surface area contributed by atoms with Gasteiger partial charge in [0.1, 0.15) is 0 Å². The number of thioether (sulfide) groups is 1. The standard InChI is InChI=1S/C6H14O2S.2C3H6O2S.C2H6O2S2.2C2H4O2S/c7-3-1-5-9-6-2-4-8;2*4-3(5)1-2-6;3-1-5-6-2-4;2*3-2(4)1-5/h7-8H,1-6H2;2*6H,1-2H2,(H,4,5);3-4H,1-2H2;2*5H,1H2,(H,3,4). The van der Waals surface area contributed by atoms with Crippen LogP contribution in [0.1, 0.15) is 25.7 Å². The van der Waals surface area contributed by atoms with Crippen molar-refractivity contribution in [2.45, 2.75) is 25.7 Å². The van der Waals surface area contributed by atoms with Gasteiger partial charge in [0, 0.05) is 24.7 Å². The lowest BCUT2D eigenvalue weighted by molar-refractivity contribution is -0.137. The van der Waals surface area contributed by atoms with E-state index in [1.807, 2.05) is 0 Å². The van der Waals surface area contributed by atoms with E-state index in [2.05, 4.69) is 50.5 Å². The molecule has 0 aromatic heterocycles. The third-order valence-corrected chi connectivity index (χ3v) is 5.66. The Balaban J connectivity index is -0.0000000790. The molecule has 0 saturated carbocycles. The molecule has 0 heterocycles. The number of carbonyl (C=O) groups is 4. The third-order valence-electron chi connectivity index (χ3n) is 2.00. The summed E-state index contributed by atoms with van der Waals surface area (Å²) in [5, 5.41) is 63.8. The van der Waals surface area contributed by atoms with Crippen LogP contribution >= 0.6 is 83.9 Å². The first kappa shape index (κ1) is 50.1. The van der Waals surface area contributed by atoms with Gasteiger partial charge in [-0.25, -0.2) is 0 Å². The molecule has 0 saturated heterocycles. The van der Waals surface area contributed by atoms with E-state index in [4.69, 9.17) is 40.9 Å². The second kappa shape index (κ2) is 52.6. The van der Waals surface area contributed by atoms with Crippen LogP contribution in [0.25, 0.3) is 0 Å². The van der Waals surface area contributed by atoms with Crippen LogP contribution in [0.2, 0.25) is 0 Å². The lowest BCUT2D eigenvalue weighted by Gasteiger charge is -1.95. The Hall–Kier alpha value is 0.170. The van der Waals surface area contributed by atoms with Gasteiger partial charge in [0.25, 0.3) is 0 Å². The molecular weight excluding hydrogens is 633 g/mol. The summed E-state index contributed by atoms with van der Waals surface area (Å²) in [5.74, 6) is -0.481. The number of hydrogen-bond donors (Lipinski definition) is 12. The number of carboxylic acids is 4. The summed E-state index contributed by atoms with van der Waals surface area (Å²) in [6.07, 6.45) is 2.05. The molecule has 0 spiro atoms. The van der Waals surface area contributed by atoms with Crippen LogP contribution in [0.4, 0.5) is 0 Å². The highest BCUT2D eigenvalue weighted by molar-refractivity contribution is 8.76. The molecule has 0 aliphatic heterocycles. The summed E-state index contributed by atoms with van der Waals surface area (Å²) in [7, 11) is 2.46. The molecule has 0 amide bonds. The molecule has 12 nitrogen and oxygen atoms in total. The van der Waals surface area contributed by atoms with E-state index in [1.54, 1.807) is 11.8 Å². The van der Waals surface area contributed by atoms with E-state index < -0.39 is 23.9 Å². The first-order valence-electron chi connectivity index (χ1n) is 9.98. The highest BCUT2D eigenvalue weighted by Gasteiger charge is 1.89. The molecule has 19 heteroatoms. The Kier molecular flexibility index (Phi) is 71.1. The predicted molar refractivity (Wildman–Crippen MR) is 165 cm³/mol. The zero-order valence-corrected chi connectivity index (χ0v) is 26.2. The number of thiol groups is 4. The number of aliphatic hydroxyl groups is 4. The van der Waals surface area contributed by atoms with Crippen LogP contribution in [0.3, 0.4) is 0 Å². The topological polar surface area (TPSA) is 230 Å². The molecule has 0 fully saturated rings. The smallest absolute Gasteiger partial charge is 0.313 e. The van der Waals surface area contributed by atoms with E-state index in [1.165, 1.54) is 21.6 Å². The van der Waals surface area contributed by atoms with E-state index in [0.717, 1.165) is 24.3 Å². The molecule has 226 valence electrons. The summed E-state index contributed by atoms with van der Waals surface area (Å²) in [6.45, 7) is 0.568. The monoisotopic (exact) mass is 672 g/mol. The minimum atomic E-state index is -0.881. The highest BCUT2D eigenvalue weighted by atomic mass is 33.1. The van der Waals surface area contributed by atoms with Crippen LogP contribution in [-0.2, 0) is 19.2 Å². The highest BCUT2D eigenvalue weighted by Crippen LogP contribution is 2.16. The summed E-state index contributed by atoms with van der Waals surface area (Å²) in [4.78, 5) is 37.7. The first-order valence-corrected chi connectivity index (χ1v) is 16.1. The molecular formula is C18H40O12S7. The normalized spacial score (nSPS) is 8.54. The molecule has 37 heavy (non-hydrogen) atoms. The van der Waals surface area contributed by atoms with Crippen molar-refractivity contribution in [3.8, 4) is 0 Å². The van der Waals surface area contributed by atoms with Gasteiger partial charge in [0.2, 0.25) is 0 Å². The van der Waals surface area contributed by atoms with Gasteiger partial charge in [-0.3, -0.25) is 19.2 Å². The maximum Gasteiger partial charge on any atom is 0.313 e. The van der Waals surface area contributed by atoms with Crippen molar-refractivity contribution >= 4 is 108 Å². The average molecular weight is 673 g/mol. The predicted octanol–water partition coefficient (Wildman–Crippen LogP) is 1.54. The maximum atomic E-state index is 9.55. The minimum Gasteiger partial charge on any atom is -0.481 e. The van der Waals surface area contributed by atoms with Crippen molar-refractivity contribution in [1.82, 2.24) is 0 Å². The zero-order valence-electron chi connectivity index (χ0n) is 20.1. The SMILES string of the molecule is O=C(O)CCS.O=C(O)CCS.O=C(O)CS.O=C(O)CS.OCCCSCCCO.OCSSCO.